The highest BCUT2D eigenvalue weighted by molar-refractivity contribution is 5.71. The number of hydrogen-bond donors (Lipinski definition) is 1. The van der Waals surface area contributed by atoms with Gasteiger partial charge in [0.2, 0.25) is 0 Å². The van der Waals surface area contributed by atoms with Gasteiger partial charge in [-0.3, -0.25) is 20.2 Å². The van der Waals surface area contributed by atoms with Gasteiger partial charge in [-0.15, -0.1) is 0 Å². The summed E-state index contributed by atoms with van der Waals surface area (Å²) in [6, 6.07) is 10.4. The first-order valence-electron chi connectivity index (χ1n) is 8.07. The van der Waals surface area contributed by atoms with E-state index in [9.17, 15) is 20.2 Å². The molecule has 1 atom stereocenters. The molecule has 9 heteroatoms. The fraction of sp³-hybridized carbons (Fsp3) is 0.294. The molecule has 9 nitrogen and oxygen atoms in total. The molecule has 1 fully saturated rings. The molecule has 136 valence electrons. The first-order valence-corrected chi connectivity index (χ1v) is 8.07. The Morgan fingerprint density at radius 2 is 1.88 bits per heavy atom. The summed E-state index contributed by atoms with van der Waals surface area (Å²) in [5, 5.41) is 24.8. The van der Waals surface area contributed by atoms with Crippen molar-refractivity contribution >= 4 is 22.7 Å². The summed E-state index contributed by atoms with van der Waals surface area (Å²) < 4.78 is 11.2. The number of nitrogens with zero attached hydrogens (tertiary/aromatic N) is 2. The van der Waals surface area contributed by atoms with Crippen LogP contribution in [0.1, 0.15) is 12.8 Å². The van der Waals surface area contributed by atoms with Crippen molar-refractivity contribution in [3.05, 3.63) is 62.7 Å². The normalized spacial score (nSPS) is 16.2. The van der Waals surface area contributed by atoms with E-state index in [4.69, 9.17) is 9.47 Å². The van der Waals surface area contributed by atoms with Crippen LogP contribution in [-0.2, 0) is 4.74 Å². The first-order chi connectivity index (χ1) is 12.5. The number of rotatable bonds is 7. The Hall–Kier alpha value is -3.20. The summed E-state index contributed by atoms with van der Waals surface area (Å²) in [6.45, 7) is 1.26. The fourth-order valence-corrected chi connectivity index (χ4v) is 2.65. The molecule has 1 aliphatic heterocycles. The molecule has 1 N–H and O–H groups in total. The molecule has 1 aliphatic rings. The van der Waals surface area contributed by atoms with Gasteiger partial charge in [-0.2, -0.15) is 0 Å². The van der Waals surface area contributed by atoms with Crippen LogP contribution in [-0.4, -0.2) is 29.2 Å². The first kappa shape index (κ1) is 17.6. The van der Waals surface area contributed by atoms with Gasteiger partial charge in [-0.25, -0.2) is 0 Å². The summed E-state index contributed by atoms with van der Waals surface area (Å²) in [5.74, 6) is 0.671. The lowest BCUT2D eigenvalue weighted by molar-refractivity contribution is -0.393. The lowest BCUT2D eigenvalue weighted by atomic mass is 10.2. The topological polar surface area (TPSA) is 117 Å². The zero-order valence-corrected chi connectivity index (χ0v) is 13.8. The number of non-ortho nitro benzene ring substituents is 1. The maximum atomic E-state index is 11.2. The Bertz CT molecular complexity index is 803. The Morgan fingerprint density at radius 1 is 1.12 bits per heavy atom. The van der Waals surface area contributed by atoms with E-state index in [1.54, 1.807) is 24.3 Å². The van der Waals surface area contributed by atoms with Crippen molar-refractivity contribution in [2.75, 3.05) is 18.5 Å². The number of nitro groups is 2. The van der Waals surface area contributed by atoms with Gasteiger partial charge >= 0.3 is 0 Å². The SMILES string of the molecule is O=[N+]([O-])c1ccc(Nc2ccc(OC[C@H]3CCCO3)cc2)c([N+](=O)[O-])c1. The van der Waals surface area contributed by atoms with Gasteiger partial charge in [0.15, 0.2) is 0 Å². The molecule has 0 bridgehead atoms. The van der Waals surface area contributed by atoms with E-state index in [-0.39, 0.29) is 23.2 Å². The fourth-order valence-electron chi connectivity index (χ4n) is 2.65. The summed E-state index contributed by atoms with van der Waals surface area (Å²) in [4.78, 5) is 20.6. The van der Waals surface area contributed by atoms with Crippen LogP contribution in [0.4, 0.5) is 22.7 Å². The molecule has 0 aromatic heterocycles. The van der Waals surface area contributed by atoms with Crippen molar-refractivity contribution in [1.29, 1.82) is 0 Å². The number of nitrogens with one attached hydrogen (secondary N) is 1. The lowest BCUT2D eigenvalue weighted by Crippen LogP contribution is -2.16. The predicted octanol–water partition coefficient (Wildman–Crippen LogP) is 3.80. The van der Waals surface area contributed by atoms with Gasteiger partial charge in [0.05, 0.1) is 22.0 Å². The maximum absolute atomic E-state index is 11.2. The van der Waals surface area contributed by atoms with Crippen molar-refractivity contribution < 1.29 is 19.3 Å². The molecule has 0 saturated carbocycles. The van der Waals surface area contributed by atoms with Gasteiger partial charge in [-0.05, 0) is 43.2 Å². The van der Waals surface area contributed by atoms with Gasteiger partial charge < -0.3 is 14.8 Å². The minimum absolute atomic E-state index is 0.121. The lowest BCUT2D eigenvalue weighted by Gasteiger charge is -2.12. The predicted molar refractivity (Wildman–Crippen MR) is 93.9 cm³/mol. The second-order valence-corrected chi connectivity index (χ2v) is 5.81. The highest BCUT2D eigenvalue weighted by Crippen LogP contribution is 2.31. The van der Waals surface area contributed by atoms with Crippen LogP contribution in [0.5, 0.6) is 5.75 Å². The molecule has 0 amide bonds. The molecule has 0 unspecified atom stereocenters. The molecular formula is C17H17N3O6. The van der Waals surface area contributed by atoms with Gasteiger partial charge in [0, 0.05) is 18.4 Å². The smallest absolute Gasteiger partial charge is 0.299 e. The summed E-state index contributed by atoms with van der Waals surface area (Å²) in [5.41, 5.74) is 0.0816. The van der Waals surface area contributed by atoms with Gasteiger partial charge in [0.25, 0.3) is 11.4 Å². The van der Waals surface area contributed by atoms with Crippen LogP contribution < -0.4 is 10.1 Å². The van der Waals surface area contributed by atoms with Crippen LogP contribution in [0.2, 0.25) is 0 Å². The van der Waals surface area contributed by atoms with Crippen LogP contribution in [0, 0.1) is 20.2 Å². The molecule has 3 rings (SSSR count). The van der Waals surface area contributed by atoms with E-state index in [1.165, 1.54) is 12.1 Å². The average Bonchev–Trinajstić information content (AvgIpc) is 3.14. The highest BCUT2D eigenvalue weighted by atomic mass is 16.6. The zero-order chi connectivity index (χ0) is 18.5. The van der Waals surface area contributed by atoms with Crippen molar-refractivity contribution in [3.63, 3.8) is 0 Å². The van der Waals surface area contributed by atoms with Crippen LogP contribution in [0.15, 0.2) is 42.5 Å². The Kier molecular flexibility index (Phi) is 5.28. The highest BCUT2D eigenvalue weighted by Gasteiger charge is 2.19. The van der Waals surface area contributed by atoms with Crippen molar-refractivity contribution in [3.8, 4) is 5.75 Å². The third-order valence-electron chi connectivity index (χ3n) is 3.98. The monoisotopic (exact) mass is 359 g/mol. The Morgan fingerprint density at radius 3 is 2.50 bits per heavy atom. The van der Waals surface area contributed by atoms with Crippen LogP contribution in [0.25, 0.3) is 0 Å². The van der Waals surface area contributed by atoms with E-state index < -0.39 is 9.85 Å². The van der Waals surface area contributed by atoms with E-state index in [1.807, 2.05) is 0 Å². The molecule has 0 spiro atoms. The van der Waals surface area contributed by atoms with Crippen molar-refractivity contribution in [2.24, 2.45) is 0 Å². The second kappa shape index (κ2) is 7.79. The molecule has 0 aliphatic carbocycles. The number of nitro benzene ring substituents is 2. The molecule has 1 saturated heterocycles. The standard InChI is InChI=1S/C17H17N3O6/c21-19(22)13-5-8-16(17(10-13)20(23)24)18-12-3-6-14(7-4-12)26-11-15-2-1-9-25-15/h3-8,10,15,18H,1-2,9,11H2/t15-/m1/s1. The van der Waals surface area contributed by atoms with E-state index in [0.29, 0.717) is 18.0 Å². The molecule has 1 heterocycles. The second-order valence-electron chi connectivity index (χ2n) is 5.81. The third-order valence-corrected chi connectivity index (χ3v) is 3.98. The molecular weight excluding hydrogens is 342 g/mol. The Labute approximate surface area is 148 Å². The van der Waals surface area contributed by atoms with Crippen molar-refractivity contribution in [1.82, 2.24) is 0 Å². The van der Waals surface area contributed by atoms with Gasteiger partial charge in [0.1, 0.15) is 18.0 Å². The van der Waals surface area contributed by atoms with E-state index >= 15 is 0 Å². The number of hydrogen-bond acceptors (Lipinski definition) is 7. The molecule has 0 radical (unpaired) electrons. The summed E-state index contributed by atoms with van der Waals surface area (Å²) in [6.07, 6.45) is 2.16. The summed E-state index contributed by atoms with van der Waals surface area (Å²) in [7, 11) is 0. The van der Waals surface area contributed by atoms with E-state index in [0.717, 1.165) is 25.5 Å². The number of ether oxygens (including phenoxy) is 2. The molecule has 2 aromatic rings. The maximum Gasteiger partial charge on any atom is 0.299 e. The van der Waals surface area contributed by atoms with Crippen LogP contribution >= 0.6 is 0 Å². The summed E-state index contributed by atoms with van der Waals surface area (Å²) >= 11 is 0. The van der Waals surface area contributed by atoms with Gasteiger partial charge in [-0.1, -0.05) is 0 Å². The third kappa shape index (κ3) is 4.25. The quantitative estimate of drug-likeness (QED) is 0.590. The average molecular weight is 359 g/mol. The molecule has 2 aromatic carbocycles. The largest absolute Gasteiger partial charge is 0.491 e. The minimum atomic E-state index is -0.670. The number of anilines is 2. The van der Waals surface area contributed by atoms with E-state index in [2.05, 4.69) is 5.32 Å². The number of benzene rings is 2. The Balaban J connectivity index is 1.68. The van der Waals surface area contributed by atoms with Crippen molar-refractivity contribution in [2.45, 2.75) is 18.9 Å². The minimum Gasteiger partial charge on any atom is -0.491 e. The molecule has 26 heavy (non-hydrogen) atoms. The van der Waals surface area contributed by atoms with Crippen LogP contribution in [0.3, 0.4) is 0 Å². The zero-order valence-electron chi connectivity index (χ0n) is 13.8.